The molecule has 140 valence electrons. The second kappa shape index (κ2) is 10.8. The van der Waals surface area contributed by atoms with Crippen LogP contribution in [-0.2, 0) is 6.54 Å². The SMILES string of the molecule is CCNC(=NCc1ccc(OC)c(OC)c1)NCCN1CCCCC1. The maximum absolute atomic E-state index is 5.35. The molecule has 1 aliphatic rings. The Morgan fingerprint density at radius 2 is 1.84 bits per heavy atom. The van der Waals surface area contributed by atoms with Crippen LogP contribution in [0.5, 0.6) is 11.5 Å². The van der Waals surface area contributed by atoms with Gasteiger partial charge in [-0.05, 0) is 50.6 Å². The van der Waals surface area contributed by atoms with Crippen molar-refractivity contribution in [1.29, 1.82) is 0 Å². The van der Waals surface area contributed by atoms with Crippen LogP contribution in [-0.4, -0.2) is 57.8 Å². The molecule has 2 N–H and O–H groups in total. The van der Waals surface area contributed by atoms with E-state index in [0.717, 1.165) is 42.7 Å². The Bertz CT molecular complexity index is 542. The number of benzene rings is 1. The summed E-state index contributed by atoms with van der Waals surface area (Å²) in [5.41, 5.74) is 1.09. The molecule has 25 heavy (non-hydrogen) atoms. The summed E-state index contributed by atoms with van der Waals surface area (Å²) >= 11 is 0. The van der Waals surface area contributed by atoms with Gasteiger partial charge >= 0.3 is 0 Å². The number of hydrogen-bond acceptors (Lipinski definition) is 4. The first-order valence-electron chi connectivity index (χ1n) is 9.22. The first kappa shape index (κ1) is 19.4. The second-order valence-corrected chi connectivity index (χ2v) is 6.21. The number of rotatable bonds is 8. The molecule has 1 aromatic rings. The van der Waals surface area contributed by atoms with Gasteiger partial charge in [-0.25, -0.2) is 4.99 Å². The van der Waals surface area contributed by atoms with E-state index in [-0.39, 0.29) is 0 Å². The minimum atomic E-state index is 0.597. The first-order chi connectivity index (χ1) is 12.3. The van der Waals surface area contributed by atoms with E-state index in [4.69, 9.17) is 9.47 Å². The van der Waals surface area contributed by atoms with Crippen molar-refractivity contribution in [2.75, 3.05) is 46.9 Å². The predicted octanol–water partition coefficient (Wildman–Crippen LogP) is 2.24. The summed E-state index contributed by atoms with van der Waals surface area (Å²) in [5, 5.41) is 6.74. The van der Waals surface area contributed by atoms with Gasteiger partial charge in [-0.2, -0.15) is 0 Å². The lowest BCUT2D eigenvalue weighted by atomic mass is 10.1. The molecule has 1 fully saturated rings. The number of ether oxygens (including phenoxy) is 2. The summed E-state index contributed by atoms with van der Waals surface area (Å²) in [6.07, 6.45) is 4.03. The van der Waals surface area contributed by atoms with Crippen molar-refractivity contribution in [2.24, 2.45) is 4.99 Å². The average Bonchev–Trinajstić information content (AvgIpc) is 2.66. The molecule has 0 aliphatic carbocycles. The van der Waals surface area contributed by atoms with Crippen molar-refractivity contribution >= 4 is 5.96 Å². The van der Waals surface area contributed by atoms with Crippen LogP contribution >= 0.6 is 0 Å². The number of methoxy groups -OCH3 is 2. The van der Waals surface area contributed by atoms with Gasteiger partial charge in [-0.3, -0.25) is 0 Å². The Morgan fingerprint density at radius 1 is 1.08 bits per heavy atom. The van der Waals surface area contributed by atoms with Crippen molar-refractivity contribution in [1.82, 2.24) is 15.5 Å². The number of guanidine groups is 1. The van der Waals surface area contributed by atoms with Crippen molar-refractivity contribution < 1.29 is 9.47 Å². The fourth-order valence-electron chi connectivity index (χ4n) is 3.01. The number of nitrogens with zero attached hydrogens (tertiary/aromatic N) is 2. The van der Waals surface area contributed by atoms with Crippen LogP contribution < -0.4 is 20.1 Å². The molecule has 1 aromatic carbocycles. The van der Waals surface area contributed by atoms with Gasteiger partial charge in [0.25, 0.3) is 0 Å². The molecule has 0 radical (unpaired) electrons. The summed E-state index contributed by atoms with van der Waals surface area (Å²) < 4.78 is 10.6. The van der Waals surface area contributed by atoms with E-state index in [1.807, 2.05) is 18.2 Å². The molecular formula is C19H32N4O2. The lowest BCUT2D eigenvalue weighted by Gasteiger charge is -2.26. The van der Waals surface area contributed by atoms with Crippen LogP contribution in [0.15, 0.2) is 23.2 Å². The maximum Gasteiger partial charge on any atom is 0.191 e. The fourth-order valence-corrected chi connectivity index (χ4v) is 3.01. The number of hydrogen-bond donors (Lipinski definition) is 2. The third-order valence-corrected chi connectivity index (χ3v) is 4.38. The molecular weight excluding hydrogens is 316 g/mol. The topological polar surface area (TPSA) is 58.1 Å². The van der Waals surface area contributed by atoms with Crippen LogP contribution in [0.4, 0.5) is 0 Å². The normalized spacial score (nSPS) is 15.7. The zero-order chi connectivity index (χ0) is 17.9. The number of nitrogens with one attached hydrogen (secondary N) is 2. The third kappa shape index (κ3) is 6.46. The highest BCUT2D eigenvalue weighted by atomic mass is 16.5. The van der Waals surface area contributed by atoms with Crippen molar-refractivity contribution in [3.63, 3.8) is 0 Å². The molecule has 6 heteroatoms. The van der Waals surface area contributed by atoms with Gasteiger partial charge in [0.05, 0.1) is 20.8 Å². The Labute approximate surface area is 151 Å². The molecule has 1 saturated heterocycles. The van der Waals surface area contributed by atoms with Crippen LogP contribution in [0.2, 0.25) is 0 Å². The highest BCUT2D eigenvalue weighted by molar-refractivity contribution is 5.79. The molecule has 0 aromatic heterocycles. The minimum absolute atomic E-state index is 0.597. The first-order valence-corrected chi connectivity index (χ1v) is 9.22. The van der Waals surface area contributed by atoms with Crippen LogP contribution in [0, 0.1) is 0 Å². The summed E-state index contributed by atoms with van der Waals surface area (Å²) in [4.78, 5) is 7.20. The van der Waals surface area contributed by atoms with Crippen LogP contribution in [0.1, 0.15) is 31.7 Å². The quantitative estimate of drug-likeness (QED) is 0.557. The van der Waals surface area contributed by atoms with Crippen molar-refractivity contribution in [2.45, 2.75) is 32.7 Å². The molecule has 0 bridgehead atoms. The van der Waals surface area contributed by atoms with Gasteiger partial charge in [0.1, 0.15) is 0 Å². The van der Waals surface area contributed by atoms with E-state index < -0.39 is 0 Å². The number of likely N-dealkylation sites (tertiary alicyclic amines) is 1. The van der Waals surface area contributed by atoms with E-state index in [1.54, 1.807) is 14.2 Å². The maximum atomic E-state index is 5.35. The van der Waals surface area contributed by atoms with Gasteiger partial charge in [0.15, 0.2) is 17.5 Å². The molecule has 6 nitrogen and oxygen atoms in total. The highest BCUT2D eigenvalue weighted by Crippen LogP contribution is 2.27. The van der Waals surface area contributed by atoms with E-state index in [2.05, 4.69) is 27.4 Å². The standard InChI is InChI=1S/C19H32N4O2/c1-4-20-19(21-10-13-23-11-6-5-7-12-23)22-15-16-8-9-17(24-2)18(14-16)25-3/h8-9,14H,4-7,10-13,15H2,1-3H3,(H2,20,21,22). The summed E-state index contributed by atoms with van der Waals surface area (Å²) in [6, 6.07) is 5.90. The number of piperidine rings is 1. The van der Waals surface area contributed by atoms with E-state index >= 15 is 0 Å². The molecule has 0 spiro atoms. The molecule has 0 atom stereocenters. The van der Waals surface area contributed by atoms with Gasteiger partial charge in [-0.1, -0.05) is 12.5 Å². The third-order valence-electron chi connectivity index (χ3n) is 4.38. The molecule has 0 unspecified atom stereocenters. The summed E-state index contributed by atoms with van der Waals surface area (Å²) in [6.45, 7) is 7.96. The van der Waals surface area contributed by atoms with Crippen molar-refractivity contribution in [3.8, 4) is 11.5 Å². The van der Waals surface area contributed by atoms with Gasteiger partial charge < -0.3 is 25.0 Å². The van der Waals surface area contributed by atoms with Crippen LogP contribution in [0.25, 0.3) is 0 Å². The van der Waals surface area contributed by atoms with E-state index in [0.29, 0.717) is 6.54 Å². The predicted molar refractivity (Wildman–Crippen MR) is 103 cm³/mol. The lowest BCUT2D eigenvalue weighted by Crippen LogP contribution is -2.42. The molecule has 0 saturated carbocycles. The summed E-state index contributed by atoms with van der Waals surface area (Å²) in [7, 11) is 3.29. The van der Waals surface area contributed by atoms with Gasteiger partial charge in [0, 0.05) is 19.6 Å². The lowest BCUT2D eigenvalue weighted by molar-refractivity contribution is 0.232. The molecule has 0 amide bonds. The zero-order valence-corrected chi connectivity index (χ0v) is 15.8. The van der Waals surface area contributed by atoms with Crippen LogP contribution in [0.3, 0.4) is 0 Å². The van der Waals surface area contributed by atoms with E-state index in [9.17, 15) is 0 Å². The molecule has 1 aliphatic heterocycles. The average molecular weight is 348 g/mol. The summed E-state index contributed by atoms with van der Waals surface area (Å²) in [5.74, 6) is 2.33. The Balaban J connectivity index is 1.87. The second-order valence-electron chi connectivity index (χ2n) is 6.21. The smallest absolute Gasteiger partial charge is 0.191 e. The minimum Gasteiger partial charge on any atom is -0.493 e. The van der Waals surface area contributed by atoms with E-state index in [1.165, 1.54) is 32.4 Å². The monoisotopic (exact) mass is 348 g/mol. The zero-order valence-electron chi connectivity index (χ0n) is 15.8. The fraction of sp³-hybridized carbons (Fsp3) is 0.632. The van der Waals surface area contributed by atoms with Gasteiger partial charge in [-0.15, -0.1) is 0 Å². The molecule has 2 rings (SSSR count). The Morgan fingerprint density at radius 3 is 2.52 bits per heavy atom. The molecule has 1 heterocycles. The highest BCUT2D eigenvalue weighted by Gasteiger charge is 2.09. The van der Waals surface area contributed by atoms with Crippen molar-refractivity contribution in [3.05, 3.63) is 23.8 Å². The Hall–Kier alpha value is -1.95. The largest absolute Gasteiger partial charge is 0.493 e. The Kier molecular flexibility index (Phi) is 8.39. The number of aliphatic imine (C=N–C) groups is 1. The van der Waals surface area contributed by atoms with Gasteiger partial charge in [0.2, 0.25) is 0 Å².